The SMILES string of the molecule is CCOC(=O)CCNC(=O)NCc1nnnn1C1CCCC1. The molecule has 0 bridgehead atoms. The molecule has 0 aromatic carbocycles. The van der Waals surface area contributed by atoms with E-state index in [0.717, 1.165) is 12.8 Å². The fraction of sp³-hybridized carbons (Fsp3) is 0.769. The van der Waals surface area contributed by atoms with Crippen molar-refractivity contribution in [3.63, 3.8) is 0 Å². The smallest absolute Gasteiger partial charge is 0.315 e. The van der Waals surface area contributed by atoms with Crippen LogP contribution in [-0.2, 0) is 16.1 Å². The number of urea groups is 1. The zero-order valence-corrected chi connectivity index (χ0v) is 12.7. The predicted molar refractivity (Wildman–Crippen MR) is 76.8 cm³/mol. The summed E-state index contributed by atoms with van der Waals surface area (Å²) in [5.41, 5.74) is 0. The lowest BCUT2D eigenvalue weighted by Crippen LogP contribution is -2.37. The number of amides is 2. The molecule has 1 saturated carbocycles. The maximum atomic E-state index is 11.7. The van der Waals surface area contributed by atoms with Crippen LogP contribution in [0.25, 0.3) is 0 Å². The highest BCUT2D eigenvalue weighted by atomic mass is 16.5. The Morgan fingerprint density at radius 1 is 1.32 bits per heavy atom. The van der Waals surface area contributed by atoms with Crippen LogP contribution in [0.5, 0.6) is 0 Å². The standard InChI is InChI=1S/C13H22N6O3/c1-2-22-12(20)7-8-14-13(21)15-9-11-16-17-18-19(11)10-5-3-4-6-10/h10H,2-9H2,1H3,(H2,14,15,21). The minimum Gasteiger partial charge on any atom is -0.466 e. The molecule has 0 unspecified atom stereocenters. The molecular weight excluding hydrogens is 288 g/mol. The molecule has 1 aromatic rings. The largest absolute Gasteiger partial charge is 0.466 e. The maximum absolute atomic E-state index is 11.7. The highest BCUT2D eigenvalue weighted by molar-refractivity contribution is 5.75. The van der Waals surface area contributed by atoms with Gasteiger partial charge in [0.1, 0.15) is 0 Å². The second kappa shape index (κ2) is 8.30. The van der Waals surface area contributed by atoms with Crippen molar-refractivity contribution in [3.05, 3.63) is 5.82 Å². The first kappa shape index (κ1) is 16.2. The number of nitrogens with one attached hydrogen (secondary N) is 2. The molecule has 1 aliphatic carbocycles. The maximum Gasteiger partial charge on any atom is 0.315 e. The van der Waals surface area contributed by atoms with Crippen LogP contribution in [0.4, 0.5) is 4.79 Å². The van der Waals surface area contributed by atoms with E-state index in [4.69, 9.17) is 4.74 Å². The van der Waals surface area contributed by atoms with Crippen molar-refractivity contribution < 1.29 is 14.3 Å². The van der Waals surface area contributed by atoms with Crippen molar-refractivity contribution in [2.45, 2.75) is 51.6 Å². The fourth-order valence-corrected chi connectivity index (χ4v) is 2.49. The van der Waals surface area contributed by atoms with Gasteiger partial charge in [-0.15, -0.1) is 5.10 Å². The number of rotatable bonds is 7. The van der Waals surface area contributed by atoms with Crippen molar-refractivity contribution in [1.82, 2.24) is 30.8 Å². The molecule has 2 N–H and O–H groups in total. The Labute approximate surface area is 128 Å². The van der Waals surface area contributed by atoms with Crippen molar-refractivity contribution in [2.75, 3.05) is 13.2 Å². The number of esters is 1. The van der Waals surface area contributed by atoms with E-state index in [2.05, 4.69) is 26.2 Å². The van der Waals surface area contributed by atoms with Crippen molar-refractivity contribution in [1.29, 1.82) is 0 Å². The van der Waals surface area contributed by atoms with Gasteiger partial charge in [-0.1, -0.05) is 12.8 Å². The average Bonchev–Trinajstić information content (AvgIpc) is 3.16. The molecule has 122 valence electrons. The van der Waals surface area contributed by atoms with Crippen molar-refractivity contribution in [2.24, 2.45) is 0 Å². The van der Waals surface area contributed by atoms with Gasteiger partial charge in [0.05, 0.1) is 25.6 Å². The summed E-state index contributed by atoms with van der Waals surface area (Å²) in [6.45, 7) is 2.58. The van der Waals surface area contributed by atoms with Gasteiger partial charge in [-0.25, -0.2) is 9.48 Å². The molecule has 2 amide bonds. The van der Waals surface area contributed by atoms with Crippen LogP contribution < -0.4 is 10.6 Å². The van der Waals surface area contributed by atoms with Crippen LogP contribution >= 0.6 is 0 Å². The third-order valence-corrected chi connectivity index (χ3v) is 3.56. The lowest BCUT2D eigenvalue weighted by atomic mass is 10.2. The Hall–Kier alpha value is -2.19. The summed E-state index contributed by atoms with van der Waals surface area (Å²) in [4.78, 5) is 22.8. The Kier molecular flexibility index (Phi) is 6.11. The molecule has 0 atom stereocenters. The molecule has 9 heteroatoms. The lowest BCUT2D eigenvalue weighted by Gasteiger charge is -2.12. The van der Waals surface area contributed by atoms with E-state index in [0.29, 0.717) is 18.5 Å². The highest BCUT2D eigenvalue weighted by Gasteiger charge is 2.21. The summed E-state index contributed by atoms with van der Waals surface area (Å²) < 4.78 is 6.57. The molecule has 1 heterocycles. The van der Waals surface area contributed by atoms with E-state index >= 15 is 0 Å². The van der Waals surface area contributed by atoms with Gasteiger partial charge in [0, 0.05) is 6.54 Å². The van der Waals surface area contributed by atoms with Crippen LogP contribution in [0.15, 0.2) is 0 Å². The van der Waals surface area contributed by atoms with Crippen LogP contribution in [0.2, 0.25) is 0 Å². The Morgan fingerprint density at radius 3 is 2.82 bits per heavy atom. The second-order valence-corrected chi connectivity index (χ2v) is 5.14. The van der Waals surface area contributed by atoms with Gasteiger partial charge in [0.15, 0.2) is 5.82 Å². The van der Waals surface area contributed by atoms with Crippen LogP contribution in [0.1, 0.15) is 50.9 Å². The number of aromatic nitrogens is 4. The van der Waals surface area contributed by atoms with Gasteiger partial charge in [-0.05, 0) is 30.2 Å². The molecular formula is C13H22N6O3. The van der Waals surface area contributed by atoms with Crippen molar-refractivity contribution in [3.8, 4) is 0 Å². The Balaban J connectivity index is 1.70. The molecule has 1 aromatic heterocycles. The fourth-order valence-electron chi connectivity index (χ4n) is 2.49. The first-order chi connectivity index (χ1) is 10.7. The third-order valence-electron chi connectivity index (χ3n) is 3.56. The van der Waals surface area contributed by atoms with Gasteiger partial charge < -0.3 is 15.4 Å². The van der Waals surface area contributed by atoms with E-state index < -0.39 is 0 Å². The van der Waals surface area contributed by atoms with Gasteiger partial charge in [-0.2, -0.15) is 0 Å². The molecule has 0 saturated heterocycles. The van der Waals surface area contributed by atoms with E-state index in [9.17, 15) is 9.59 Å². The quantitative estimate of drug-likeness (QED) is 0.711. The van der Waals surface area contributed by atoms with Crippen LogP contribution in [0.3, 0.4) is 0 Å². The Morgan fingerprint density at radius 2 is 2.09 bits per heavy atom. The van der Waals surface area contributed by atoms with E-state index in [1.807, 2.05) is 0 Å². The number of tetrazole rings is 1. The zero-order chi connectivity index (χ0) is 15.8. The molecule has 22 heavy (non-hydrogen) atoms. The number of hydrogen-bond donors (Lipinski definition) is 2. The van der Waals surface area contributed by atoms with Crippen LogP contribution in [-0.4, -0.2) is 45.4 Å². The molecule has 0 radical (unpaired) electrons. The molecule has 2 rings (SSSR count). The van der Waals surface area contributed by atoms with Gasteiger partial charge in [0.2, 0.25) is 0 Å². The first-order valence-electron chi connectivity index (χ1n) is 7.64. The highest BCUT2D eigenvalue weighted by Crippen LogP contribution is 2.28. The second-order valence-electron chi connectivity index (χ2n) is 5.14. The summed E-state index contributed by atoms with van der Waals surface area (Å²) in [5.74, 6) is 0.320. The number of ether oxygens (including phenoxy) is 1. The van der Waals surface area contributed by atoms with Crippen molar-refractivity contribution >= 4 is 12.0 Å². The first-order valence-corrected chi connectivity index (χ1v) is 7.64. The van der Waals surface area contributed by atoms with E-state index in [-0.39, 0.29) is 31.5 Å². The molecule has 1 aliphatic rings. The number of carbonyl (C=O) groups excluding carboxylic acids is 2. The predicted octanol–water partition coefficient (Wildman–Crippen LogP) is 0.541. The summed E-state index contributed by atoms with van der Waals surface area (Å²) in [7, 11) is 0. The molecule has 0 spiro atoms. The Bertz CT molecular complexity index is 498. The summed E-state index contributed by atoms with van der Waals surface area (Å²) >= 11 is 0. The monoisotopic (exact) mass is 310 g/mol. The summed E-state index contributed by atoms with van der Waals surface area (Å²) in [5, 5.41) is 16.9. The van der Waals surface area contributed by atoms with E-state index in [1.165, 1.54) is 12.8 Å². The number of hydrogen-bond acceptors (Lipinski definition) is 6. The third kappa shape index (κ3) is 4.68. The topological polar surface area (TPSA) is 111 Å². The lowest BCUT2D eigenvalue weighted by molar-refractivity contribution is -0.142. The van der Waals surface area contributed by atoms with Crippen LogP contribution in [0, 0.1) is 0 Å². The average molecular weight is 310 g/mol. The number of nitrogens with zero attached hydrogens (tertiary/aromatic N) is 4. The summed E-state index contributed by atoms with van der Waals surface area (Å²) in [6.07, 6.45) is 4.67. The van der Waals surface area contributed by atoms with Gasteiger partial charge >= 0.3 is 12.0 Å². The molecule has 0 aliphatic heterocycles. The summed E-state index contributed by atoms with van der Waals surface area (Å²) in [6, 6.07) is -0.0241. The van der Waals surface area contributed by atoms with E-state index in [1.54, 1.807) is 11.6 Å². The molecule has 1 fully saturated rings. The zero-order valence-electron chi connectivity index (χ0n) is 12.7. The minimum absolute atomic E-state index is 0.154. The normalized spacial score (nSPS) is 14.8. The molecule has 9 nitrogen and oxygen atoms in total. The van der Waals surface area contributed by atoms with Gasteiger partial charge in [0.25, 0.3) is 0 Å². The minimum atomic E-state index is -0.356. The number of carbonyl (C=O) groups is 2. The van der Waals surface area contributed by atoms with Gasteiger partial charge in [-0.3, -0.25) is 4.79 Å².